The van der Waals surface area contributed by atoms with Gasteiger partial charge in [-0.3, -0.25) is 20.2 Å². The van der Waals surface area contributed by atoms with Gasteiger partial charge in [0.05, 0.1) is 0 Å². The molecule has 0 aromatic heterocycles. The van der Waals surface area contributed by atoms with Gasteiger partial charge in [-0.1, -0.05) is 9.55 Å². The van der Waals surface area contributed by atoms with Crippen LogP contribution in [0.25, 0.3) is 0 Å². The Morgan fingerprint density at radius 1 is 1.50 bits per heavy atom. The fourth-order valence-electron chi connectivity index (χ4n) is 0.281. The van der Waals surface area contributed by atoms with Crippen molar-refractivity contribution in [2.45, 2.75) is 5.92 Å². The van der Waals surface area contributed by atoms with E-state index in [1.807, 2.05) is 21.1 Å². The average molecular weight is 246 g/mol. The Kier molecular flexibility index (Phi) is 3.01. The standard InChI is InChI=1S/C2HBrFN3O5/c3-1(5-8)2(4,6(9)10)7(11)12/h8H/b5-1-. The van der Waals surface area contributed by atoms with E-state index in [1.165, 1.54) is 0 Å². The summed E-state index contributed by atoms with van der Waals surface area (Å²) in [5.74, 6) is -4.13. The van der Waals surface area contributed by atoms with Crippen LogP contribution in [0.2, 0.25) is 0 Å². The molecule has 0 radical (unpaired) electrons. The molecular weight excluding hydrogens is 245 g/mol. The molecule has 0 saturated heterocycles. The van der Waals surface area contributed by atoms with Gasteiger partial charge in [-0.2, -0.15) is 0 Å². The molecule has 0 saturated carbocycles. The highest BCUT2D eigenvalue weighted by Gasteiger charge is 2.64. The van der Waals surface area contributed by atoms with Crippen LogP contribution in [0.5, 0.6) is 0 Å². The molecule has 0 fully saturated rings. The molecule has 10 heteroatoms. The van der Waals surface area contributed by atoms with Gasteiger partial charge in [-0.25, -0.2) is 0 Å². The molecule has 0 aliphatic rings. The lowest BCUT2D eigenvalue weighted by molar-refractivity contribution is -0.804. The first-order valence-electron chi connectivity index (χ1n) is 2.23. The highest BCUT2D eigenvalue weighted by Crippen LogP contribution is 2.19. The Hall–Kier alpha value is -1.32. The van der Waals surface area contributed by atoms with Crippen LogP contribution in [0, 0.1) is 20.2 Å². The van der Waals surface area contributed by atoms with Gasteiger partial charge in [0.15, 0.2) is 0 Å². The Morgan fingerprint density at radius 2 is 1.83 bits per heavy atom. The van der Waals surface area contributed by atoms with E-state index < -0.39 is 20.4 Å². The van der Waals surface area contributed by atoms with Gasteiger partial charge in [-0.15, -0.1) is 0 Å². The van der Waals surface area contributed by atoms with Crippen molar-refractivity contribution in [2.24, 2.45) is 5.16 Å². The van der Waals surface area contributed by atoms with E-state index >= 15 is 0 Å². The molecule has 0 heterocycles. The van der Waals surface area contributed by atoms with Gasteiger partial charge in [0.2, 0.25) is 0 Å². The van der Waals surface area contributed by atoms with Gasteiger partial charge < -0.3 is 5.21 Å². The molecule has 68 valence electrons. The Labute approximate surface area is 72.1 Å². The van der Waals surface area contributed by atoms with Gasteiger partial charge in [0.1, 0.15) is 9.85 Å². The monoisotopic (exact) mass is 245 g/mol. The summed E-state index contributed by atoms with van der Waals surface area (Å²) in [4.78, 5) is 16.0. The summed E-state index contributed by atoms with van der Waals surface area (Å²) < 4.78 is 11.3. The number of alkyl halides is 1. The first-order valence-corrected chi connectivity index (χ1v) is 3.02. The van der Waals surface area contributed by atoms with E-state index in [0.717, 1.165) is 0 Å². The number of nitrogens with zero attached hydrogens (tertiary/aromatic N) is 3. The van der Waals surface area contributed by atoms with E-state index in [-0.39, 0.29) is 0 Å². The van der Waals surface area contributed by atoms with Gasteiger partial charge in [0.25, 0.3) is 0 Å². The highest BCUT2D eigenvalue weighted by molar-refractivity contribution is 9.18. The molecule has 0 aliphatic heterocycles. The number of rotatable bonds is 3. The third kappa shape index (κ3) is 1.47. The summed E-state index contributed by atoms with van der Waals surface area (Å²) in [6.45, 7) is 0. The quantitative estimate of drug-likeness (QED) is 0.192. The molecule has 0 atom stereocenters. The second-order valence-corrected chi connectivity index (χ2v) is 2.24. The van der Waals surface area contributed by atoms with Crippen LogP contribution in [-0.2, 0) is 0 Å². The molecule has 1 N–H and O–H groups in total. The summed E-state index contributed by atoms with van der Waals surface area (Å²) in [6, 6.07) is 0. The lowest BCUT2D eigenvalue weighted by Crippen LogP contribution is -2.46. The minimum absolute atomic E-state index is 1.43. The zero-order valence-corrected chi connectivity index (χ0v) is 6.76. The fraction of sp³-hybridized carbons (Fsp3) is 0.500. The molecule has 0 unspecified atom stereocenters. The van der Waals surface area contributed by atoms with Gasteiger partial charge in [-0.05, 0) is 15.9 Å². The molecule has 0 spiro atoms. The first-order chi connectivity index (χ1) is 5.37. The molecule has 0 rings (SSSR count). The average Bonchev–Trinajstić information content (AvgIpc) is 2.00. The second kappa shape index (κ2) is 3.38. The Bertz CT molecular complexity index is 239. The molecule has 8 nitrogen and oxygen atoms in total. The maximum absolute atomic E-state index is 12.7. The third-order valence-corrected chi connectivity index (χ3v) is 1.50. The summed E-state index contributed by atoms with van der Waals surface area (Å²) in [7, 11) is 0. The third-order valence-electron chi connectivity index (χ3n) is 0.834. The van der Waals surface area contributed by atoms with Crippen molar-refractivity contribution in [1.82, 2.24) is 0 Å². The summed E-state index contributed by atoms with van der Waals surface area (Å²) in [5.41, 5.74) is 0. The predicted octanol–water partition coefficient (Wildman–Crippen LogP) is 0.346. The predicted molar refractivity (Wildman–Crippen MR) is 36.0 cm³/mol. The molecule has 0 aromatic rings. The number of oxime groups is 1. The first kappa shape index (κ1) is 10.7. The molecule has 0 aromatic carbocycles. The molecule has 12 heavy (non-hydrogen) atoms. The molecule has 0 bridgehead atoms. The molecule has 0 amide bonds. The van der Waals surface area contributed by atoms with Crippen molar-refractivity contribution >= 4 is 20.6 Å². The zero-order valence-electron chi connectivity index (χ0n) is 5.18. The van der Waals surface area contributed by atoms with Crippen molar-refractivity contribution in [1.29, 1.82) is 0 Å². The van der Waals surface area contributed by atoms with Gasteiger partial charge >= 0.3 is 10.5 Å². The summed E-state index contributed by atoms with van der Waals surface area (Å²) in [6.07, 6.45) is 0. The van der Waals surface area contributed by atoms with Crippen molar-refractivity contribution < 1.29 is 19.4 Å². The molecular formula is C2HBrFN3O5. The summed E-state index contributed by atoms with van der Waals surface area (Å²) in [5, 5.41) is 29.5. The normalized spacial score (nSPS) is 12.7. The number of hydrogen-bond acceptors (Lipinski definition) is 6. The Balaban J connectivity index is 5.16. The van der Waals surface area contributed by atoms with Crippen LogP contribution in [-0.4, -0.2) is 25.6 Å². The highest BCUT2D eigenvalue weighted by atomic mass is 79.9. The number of hydrogen-bond donors (Lipinski definition) is 1. The van der Waals surface area contributed by atoms with Crippen LogP contribution < -0.4 is 0 Å². The zero-order chi connectivity index (χ0) is 9.94. The number of nitro groups is 2. The maximum atomic E-state index is 12.7. The summed E-state index contributed by atoms with van der Waals surface area (Å²) >= 11 is 2.04. The van der Waals surface area contributed by atoms with Crippen molar-refractivity contribution in [2.75, 3.05) is 0 Å². The van der Waals surface area contributed by atoms with Crippen LogP contribution in [0.3, 0.4) is 0 Å². The van der Waals surface area contributed by atoms with Crippen LogP contribution >= 0.6 is 15.9 Å². The lowest BCUT2D eigenvalue weighted by atomic mass is 10.5. The topological polar surface area (TPSA) is 119 Å². The SMILES string of the molecule is O=[N+]([O-])C(F)(/C(Br)=N/O)[N+](=O)[O-]. The van der Waals surface area contributed by atoms with E-state index in [0.29, 0.717) is 0 Å². The van der Waals surface area contributed by atoms with Crippen LogP contribution in [0.1, 0.15) is 0 Å². The van der Waals surface area contributed by atoms with E-state index in [9.17, 15) is 24.6 Å². The maximum Gasteiger partial charge on any atom is 0.670 e. The van der Waals surface area contributed by atoms with Gasteiger partial charge in [0, 0.05) is 0 Å². The van der Waals surface area contributed by atoms with E-state index in [4.69, 9.17) is 5.21 Å². The van der Waals surface area contributed by atoms with E-state index in [2.05, 4.69) is 0 Å². The van der Waals surface area contributed by atoms with Crippen molar-refractivity contribution in [3.8, 4) is 0 Å². The van der Waals surface area contributed by atoms with E-state index in [1.54, 1.807) is 0 Å². The van der Waals surface area contributed by atoms with Crippen molar-refractivity contribution in [3.63, 3.8) is 0 Å². The lowest BCUT2D eigenvalue weighted by Gasteiger charge is -2.03. The minimum Gasteiger partial charge on any atom is -0.410 e. The smallest absolute Gasteiger partial charge is 0.410 e. The molecule has 0 aliphatic carbocycles. The largest absolute Gasteiger partial charge is 0.670 e. The van der Waals surface area contributed by atoms with Crippen LogP contribution in [0.4, 0.5) is 4.39 Å². The van der Waals surface area contributed by atoms with Crippen molar-refractivity contribution in [3.05, 3.63) is 20.2 Å². The Morgan fingerprint density at radius 3 is 1.92 bits per heavy atom. The fourth-order valence-corrected chi connectivity index (χ4v) is 0.571. The number of halogens is 2. The van der Waals surface area contributed by atoms with Crippen LogP contribution in [0.15, 0.2) is 5.16 Å². The minimum atomic E-state index is -4.13. The second-order valence-electron chi connectivity index (χ2n) is 1.49.